The van der Waals surface area contributed by atoms with Crippen LogP contribution < -0.4 is 16.0 Å². The van der Waals surface area contributed by atoms with E-state index in [1.807, 2.05) is 13.0 Å². The van der Waals surface area contributed by atoms with Crippen molar-refractivity contribution in [1.29, 1.82) is 0 Å². The monoisotopic (exact) mass is 298 g/mol. The molecule has 1 aromatic rings. The van der Waals surface area contributed by atoms with Crippen molar-refractivity contribution in [2.75, 3.05) is 25.0 Å². The fraction of sp³-hybridized carbons (Fsp3) is 0.333. The number of hydrogen-bond donors (Lipinski definition) is 5. The minimum atomic E-state index is -1.07. The lowest BCUT2D eigenvalue weighted by molar-refractivity contribution is -0.135. The van der Waals surface area contributed by atoms with Gasteiger partial charge in [-0.1, -0.05) is 0 Å². The van der Waals surface area contributed by atoms with Gasteiger partial charge in [-0.2, -0.15) is 0 Å². The third-order valence-corrected chi connectivity index (χ3v) is 2.15. The highest BCUT2D eigenvalue weighted by atomic mass is 16.4. The number of carbonyl (C=O) groups excluding carboxylic acids is 1. The van der Waals surface area contributed by atoms with Crippen LogP contribution in [0.25, 0.3) is 0 Å². The van der Waals surface area contributed by atoms with Gasteiger partial charge in [0, 0.05) is 31.2 Å². The van der Waals surface area contributed by atoms with E-state index in [-0.39, 0.29) is 13.0 Å². The van der Waals surface area contributed by atoms with Crippen LogP contribution in [-0.2, 0) is 9.59 Å². The summed E-state index contributed by atoms with van der Waals surface area (Å²) in [6, 6.07) is 1.35. The van der Waals surface area contributed by atoms with Gasteiger partial charge in [0.25, 0.3) is 6.47 Å². The average molecular weight is 298 g/mol. The maximum absolute atomic E-state index is 11.1. The molecule has 0 fully saturated rings. The van der Waals surface area contributed by atoms with Gasteiger partial charge < -0.3 is 26.2 Å². The fourth-order valence-electron chi connectivity index (χ4n) is 1.26. The van der Waals surface area contributed by atoms with Crippen molar-refractivity contribution in [3.8, 4) is 0 Å². The second kappa shape index (κ2) is 11.0. The van der Waals surface area contributed by atoms with E-state index in [4.69, 9.17) is 15.0 Å². The molecule has 0 aromatic carbocycles. The van der Waals surface area contributed by atoms with E-state index in [9.17, 15) is 9.59 Å². The van der Waals surface area contributed by atoms with Gasteiger partial charge in [-0.25, -0.2) is 4.79 Å². The van der Waals surface area contributed by atoms with Crippen LogP contribution in [0.2, 0.25) is 0 Å². The maximum atomic E-state index is 11.1. The summed E-state index contributed by atoms with van der Waals surface area (Å²) in [4.78, 5) is 33.6. The molecule has 2 amide bonds. The van der Waals surface area contributed by atoms with Crippen molar-refractivity contribution >= 4 is 24.2 Å². The van der Waals surface area contributed by atoms with Crippen molar-refractivity contribution in [1.82, 2.24) is 15.6 Å². The number of anilines is 1. The van der Waals surface area contributed by atoms with Crippen LogP contribution in [0.15, 0.2) is 18.5 Å². The van der Waals surface area contributed by atoms with Crippen LogP contribution in [0.5, 0.6) is 0 Å². The Bertz CT molecular complexity index is 467. The normalized spacial score (nSPS) is 8.81. The van der Waals surface area contributed by atoms with Crippen LogP contribution in [-0.4, -0.2) is 53.3 Å². The van der Waals surface area contributed by atoms with Gasteiger partial charge in [0.2, 0.25) is 0 Å². The number of nitrogens with one attached hydrogen (secondary N) is 3. The first-order valence-corrected chi connectivity index (χ1v) is 5.97. The molecule has 0 unspecified atom stereocenters. The van der Waals surface area contributed by atoms with Crippen molar-refractivity contribution in [3.05, 3.63) is 24.0 Å². The molecule has 9 heteroatoms. The van der Waals surface area contributed by atoms with Crippen molar-refractivity contribution in [2.45, 2.75) is 6.92 Å². The summed E-state index contributed by atoms with van der Waals surface area (Å²) in [6.07, 6.45) is 3.43. The molecule has 1 heterocycles. The quantitative estimate of drug-likeness (QED) is 0.364. The molecular formula is C12H18N4O5. The van der Waals surface area contributed by atoms with Crippen LogP contribution in [0.3, 0.4) is 0 Å². The topological polar surface area (TPSA) is 141 Å². The number of aryl methyl sites for hydroxylation is 1. The molecule has 0 aliphatic rings. The zero-order valence-electron chi connectivity index (χ0n) is 11.5. The molecule has 21 heavy (non-hydrogen) atoms. The third kappa shape index (κ3) is 9.70. The van der Waals surface area contributed by atoms with Gasteiger partial charge in [-0.05, 0) is 18.6 Å². The summed E-state index contributed by atoms with van der Waals surface area (Å²) in [5.74, 6) is -1.07. The molecule has 0 aliphatic heterocycles. The number of aliphatic carboxylic acids is 1. The number of urea groups is 1. The van der Waals surface area contributed by atoms with E-state index >= 15 is 0 Å². The first kappa shape index (κ1) is 18.2. The lowest BCUT2D eigenvalue weighted by Gasteiger charge is -2.09. The predicted octanol–water partition coefficient (Wildman–Crippen LogP) is -0.113. The highest BCUT2D eigenvalue weighted by molar-refractivity contribution is 5.79. The Morgan fingerprint density at radius 1 is 1.33 bits per heavy atom. The third-order valence-electron chi connectivity index (χ3n) is 2.15. The fourth-order valence-corrected chi connectivity index (χ4v) is 1.26. The van der Waals surface area contributed by atoms with E-state index < -0.39 is 12.0 Å². The summed E-state index contributed by atoms with van der Waals surface area (Å²) in [5, 5.41) is 23.1. The van der Waals surface area contributed by atoms with Crippen molar-refractivity contribution < 1.29 is 24.6 Å². The summed E-state index contributed by atoms with van der Waals surface area (Å²) in [7, 11) is 0. The molecule has 5 N–H and O–H groups in total. The number of carboxylic acids is 1. The highest BCUT2D eigenvalue weighted by Gasteiger charge is 2.02. The molecule has 1 aromatic heterocycles. The van der Waals surface area contributed by atoms with E-state index in [0.29, 0.717) is 13.1 Å². The Kier molecular flexibility index (Phi) is 9.53. The van der Waals surface area contributed by atoms with Gasteiger partial charge in [0.15, 0.2) is 0 Å². The number of carboxylic acid groups (broad SMARTS) is 2. The number of carbonyl (C=O) groups is 3. The number of rotatable bonds is 6. The molecule has 0 aliphatic carbocycles. The Hall–Kier alpha value is -2.84. The number of nitrogens with zero attached hydrogens (tertiary/aromatic N) is 1. The number of amides is 2. The van der Waals surface area contributed by atoms with Gasteiger partial charge in [-0.15, -0.1) is 0 Å². The Morgan fingerprint density at radius 3 is 2.57 bits per heavy atom. The molecule has 0 spiro atoms. The first-order valence-electron chi connectivity index (χ1n) is 5.97. The minimum Gasteiger partial charge on any atom is -0.483 e. The second-order valence-corrected chi connectivity index (χ2v) is 3.73. The molecule has 0 saturated heterocycles. The lowest BCUT2D eigenvalue weighted by Crippen LogP contribution is -2.40. The highest BCUT2D eigenvalue weighted by Crippen LogP contribution is 2.10. The molecule has 0 radical (unpaired) electrons. The Labute approximate surface area is 121 Å². The summed E-state index contributed by atoms with van der Waals surface area (Å²) in [5.41, 5.74) is 1.98. The van der Waals surface area contributed by atoms with Crippen LogP contribution in [0, 0.1) is 6.92 Å². The minimum absolute atomic E-state index is 0.250. The largest absolute Gasteiger partial charge is 0.483 e. The maximum Gasteiger partial charge on any atom is 0.323 e. The molecule has 0 bridgehead atoms. The first-order chi connectivity index (χ1) is 10.0. The number of aromatic nitrogens is 1. The molecular weight excluding hydrogens is 280 g/mol. The van der Waals surface area contributed by atoms with Gasteiger partial charge in [0.05, 0.1) is 0 Å². The van der Waals surface area contributed by atoms with E-state index in [2.05, 4.69) is 20.9 Å². The molecule has 0 atom stereocenters. The van der Waals surface area contributed by atoms with Crippen molar-refractivity contribution in [2.24, 2.45) is 0 Å². The van der Waals surface area contributed by atoms with Gasteiger partial charge >= 0.3 is 12.0 Å². The van der Waals surface area contributed by atoms with E-state index in [0.717, 1.165) is 11.3 Å². The number of hydrogen-bond acceptors (Lipinski definition) is 5. The van der Waals surface area contributed by atoms with Crippen LogP contribution in [0.1, 0.15) is 5.56 Å². The second-order valence-electron chi connectivity index (χ2n) is 3.73. The average Bonchev–Trinajstić information content (AvgIpc) is 2.44. The van der Waals surface area contributed by atoms with Gasteiger partial charge in [0.1, 0.15) is 6.54 Å². The number of pyridine rings is 1. The van der Waals surface area contributed by atoms with Crippen LogP contribution in [0.4, 0.5) is 10.5 Å². The predicted molar refractivity (Wildman–Crippen MR) is 75.2 cm³/mol. The van der Waals surface area contributed by atoms with Crippen LogP contribution >= 0.6 is 0 Å². The molecule has 9 nitrogen and oxygen atoms in total. The summed E-state index contributed by atoms with van der Waals surface area (Å²) >= 11 is 0. The molecule has 116 valence electrons. The SMILES string of the molecule is Cc1cnccc1NCCNC(=O)NCC(=O)O.O=CO. The van der Waals surface area contributed by atoms with E-state index in [1.165, 1.54) is 0 Å². The molecule has 0 saturated carbocycles. The zero-order chi connectivity index (χ0) is 16.1. The Morgan fingerprint density at radius 2 is 2.00 bits per heavy atom. The smallest absolute Gasteiger partial charge is 0.323 e. The zero-order valence-corrected chi connectivity index (χ0v) is 11.5. The standard InChI is InChI=1S/C11H16N4O3.CH2O2/c1-8-6-12-3-2-9(8)13-4-5-14-11(18)15-7-10(16)17;2-1-3/h2-3,6H,4-5,7H2,1H3,(H,12,13)(H,16,17)(H2,14,15,18);1H,(H,2,3). The summed E-state index contributed by atoms with van der Waals surface area (Å²) < 4.78 is 0. The van der Waals surface area contributed by atoms with Gasteiger partial charge in [-0.3, -0.25) is 14.6 Å². The van der Waals surface area contributed by atoms with E-state index in [1.54, 1.807) is 12.4 Å². The summed E-state index contributed by atoms with van der Waals surface area (Å²) in [6.45, 7) is 2.24. The molecule has 1 rings (SSSR count). The Balaban J connectivity index is 0.00000122. The van der Waals surface area contributed by atoms with Crippen molar-refractivity contribution in [3.63, 3.8) is 0 Å². The lowest BCUT2D eigenvalue weighted by atomic mass is 10.2.